The van der Waals surface area contributed by atoms with E-state index in [0.29, 0.717) is 18.5 Å². The number of carbonyl (C=O) groups excluding carboxylic acids is 2. The molecule has 0 spiro atoms. The Morgan fingerprint density at radius 1 is 0.857 bits per heavy atom. The normalized spacial score (nSPS) is 12.5. The van der Waals surface area contributed by atoms with Gasteiger partial charge in [0.2, 0.25) is 5.91 Å². The zero-order chi connectivity index (χ0) is 30.1. The van der Waals surface area contributed by atoms with Gasteiger partial charge in [0.1, 0.15) is 18.4 Å². The number of benzene rings is 4. The maximum absolute atomic E-state index is 13.2. The van der Waals surface area contributed by atoms with Crippen molar-refractivity contribution in [1.29, 1.82) is 0 Å². The average molecular weight is 568 g/mol. The third-order valence-corrected chi connectivity index (χ3v) is 6.94. The molecule has 8 nitrogen and oxygen atoms in total. The fraction of sp³-hybridized carbons (Fsp3) is 0.265. The van der Waals surface area contributed by atoms with E-state index in [4.69, 9.17) is 10.5 Å². The summed E-state index contributed by atoms with van der Waals surface area (Å²) in [6.45, 7) is 4.16. The van der Waals surface area contributed by atoms with Gasteiger partial charge in [-0.05, 0) is 71.3 Å². The van der Waals surface area contributed by atoms with E-state index >= 15 is 0 Å². The van der Waals surface area contributed by atoms with Gasteiger partial charge in [0.05, 0.1) is 11.7 Å². The van der Waals surface area contributed by atoms with Crippen molar-refractivity contribution in [2.75, 3.05) is 5.32 Å². The van der Waals surface area contributed by atoms with Crippen molar-refractivity contribution >= 4 is 34.2 Å². The van der Waals surface area contributed by atoms with Gasteiger partial charge in [0.15, 0.2) is 0 Å². The highest BCUT2D eigenvalue weighted by Crippen LogP contribution is 2.28. The van der Waals surface area contributed by atoms with Crippen LogP contribution in [0.4, 0.5) is 5.69 Å². The number of aliphatic carboxylic acids is 1. The van der Waals surface area contributed by atoms with Gasteiger partial charge in [0.25, 0.3) is 5.91 Å². The summed E-state index contributed by atoms with van der Waals surface area (Å²) in [4.78, 5) is 37.9. The summed E-state index contributed by atoms with van der Waals surface area (Å²) >= 11 is 0. The molecule has 4 aromatic rings. The van der Waals surface area contributed by atoms with Crippen LogP contribution in [0.1, 0.15) is 48.2 Å². The number of nitrogens with two attached hydrogens (primary N) is 1. The van der Waals surface area contributed by atoms with E-state index in [-0.39, 0.29) is 36.2 Å². The van der Waals surface area contributed by atoms with Crippen LogP contribution in [0.25, 0.3) is 10.8 Å². The van der Waals surface area contributed by atoms with Crippen LogP contribution in [0.5, 0.6) is 5.75 Å². The number of hydrogen-bond acceptors (Lipinski definition) is 5. The van der Waals surface area contributed by atoms with Crippen molar-refractivity contribution < 1.29 is 24.2 Å². The zero-order valence-electron chi connectivity index (χ0n) is 23.9. The molecule has 0 saturated carbocycles. The number of carboxylic acids is 1. The van der Waals surface area contributed by atoms with E-state index in [1.807, 2.05) is 86.6 Å². The average Bonchev–Trinajstić information content (AvgIpc) is 2.98. The molecular weight excluding hydrogens is 530 g/mol. The molecule has 0 saturated heterocycles. The minimum atomic E-state index is -1.12. The molecular formula is C34H37N3O5. The number of ether oxygens (including phenoxy) is 1. The standard InChI is InChI=1S/C34H37N3O5/c1-22(2)18-28(35)33(39)36-29-17-15-27(32(38)37-30(34(40)41)16-13-23-8-4-3-5-9-23)20-31(29)42-21-24-12-14-25-10-6-7-11-26(25)19-24/h3-12,14-15,17,19-20,22,28,30H,13,16,18,21,35H2,1-2H3,(H,36,39)(H,37,38)(H,40,41)/t28-,30-/m0/s1. The maximum Gasteiger partial charge on any atom is 0.326 e. The van der Waals surface area contributed by atoms with E-state index < -0.39 is 24.0 Å². The van der Waals surface area contributed by atoms with Gasteiger partial charge in [-0.2, -0.15) is 0 Å². The lowest BCUT2D eigenvalue weighted by atomic mass is 10.0. The molecule has 8 heteroatoms. The fourth-order valence-electron chi connectivity index (χ4n) is 4.67. The Hall–Kier alpha value is -4.69. The second-order valence-corrected chi connectivity index (χ2v) is 10.8. The molecule has 2 atom stereocenters. The monoisotopic (exact) mass is 567 g/mol. The Bertz CT molecular complexity index is 1540. The molecule has 218 valence electrons. The van der Waals surface area contributed by atoms with Gasteiger partial charge in [0, 0.05) is 5.56 Å². The predicted molar refractivity (Wildman–Crippen MR) is 164 cm³/mol. The van der Waals surface area contributed by atoms with E-state index in [1.165, 1.54) is 12.1 Å². The molecule has 0 aromatic heterocycles. The molecule has 0 aliphatic heterocycles. The molecule has 0 unspecified atom stereocenters. The number of fused-ring (bicyclic) bond motifs is 1. The quantitative estimate of drug-likeness (QED) is 0.168. The number of nitrogens with one attached hydrogen (secondary N) is 2. The lowest BCUT2D eigenvalue weighted by Crippen LogP contribution is -2.41. The van der Waals surface area contributed by atoms with E-state index in [0.717, 1.165) is 21.9 Å². The number of carbonyl (C=O) groups is 3. The molecule has 0 fully saturated rings. The fourth-order valence-corrected chi connectivity index (χ4v) is 4.67. The van der Waals surface area contributed by atoms with Crippen LogP contribution in [0, 0.1) is 5.92 Å². The summed E-state index contributed by atoms with van der Waals surface area (Å²) in [5.41, 5.74) is 8.56. The topological polar surface area (TPSA) is 131 Å². The lowest BCUT2D eigenvalue weighted by Gasteiger charge is -2.18. The van der Waals surface area contributed by atoms with Gasteiger partial charge < -0.3 is 26.2 Å². The first-order valence-electron chi connectivity index (χ1n) is 14.1. The molecule has 2 amide bonds. The molecule has 4 rings (SSSR count). The molecule has 4 aromatic carbocycles. The summed E-state index contributed by atoms with van der Waals surface area (Å²) in [5.74, 6) is -1.51. The number of hydrogen-bond donors (Lipinski definition) is 4. The second-order valence-electron chi connectivity index (χ2n) is 10.8. The maximum atomic E-state index is 13.2. The first-order valence-corrected chi connectivity index (χ1v) is 14.1. The van der Waals surface area contributed by atoms with Gasteiger partial charge in [-0.3, -0.25) is 9.59 Å². The molecule has 0 aliphatic rings. The van der Waals surface area contributed by atoms with Crippen LogP contribution in [0.3, 0.4) is 0 Å². The SMILES string of the molecule is CC(C)C[C@H](N)C(=O)Nc1ccc(C(=O)N[C@@H](CCc2ccccc2)C(=O)O)cc1OCc1ccc2ccccc2c1. The predicted octanol–water partition coefficient (Wildman–Crippen LogP) is 5.55. The van der Waals surface area contributed by atoms with Crippen LogP contribution in [-0.2, 0) is 22.6 Å². The van der Waals surface area contributed by atoms with E-state index in [2.05, 4.69) is 10.6 Å². The highest BCUT2D eigenvalue weighted by atomic mass is 16.5. The third-order valence-electron chi connectivity index (χ3n) is 6.94. The van der Waals surface area contributed by atoms with Gasteiger partial charge in [-0.1, -0.05) is 80.6 Å². The Balaban J connectivity index is 1.53. The van der Waals surface area contributed by atoms with Crippen LogP contribution < -0.4 is 21.1 Å². The van der Waals surface area contributed by atoms with E-state index in [1.54, 1.807) is 6.07 Å². The van der Waals surface area contributed by atoms with Crippen LogP contribution in [-0.4, -0.2) is 35.0 Å². The summed E-state index contributed by atoms with van der Waals surface area (Å²) < 4.78 is 6.13. The number of amides is 2. The summed E-state index contributed by atoms with van der Waals surface area (Å²) in [6.07, 6.45) is 1.25. The molecule has 42 heavy (non-hydrogen) atoms. The summed E-state index contributed by atoms with van der Waals surface area (Å²) in [5, 5.41) is 17.4. The van der Waals surface area contributed by atoms with Crippen molar-refractivity contribution in [3.8, 4) is 5.75 Å². The Morgan fingerprint density at radius 3 is 2.29 bits per heavy atom. The zero-order valence-corrected chi connectivity index (χ0v) is 23.9. The van der Waals surface area contributed by atoms with Crippen molar-refractivity contribution in [3.05, 3.63) is 108 Å². The minimum Gasteiger partial charge on any atom is -0.487 e. The number of anilines is 1. The third kappa shape index (κ3) is 8.41. The lowest BCUT2D eigenvalue weighted by molar-refractivity contribution is -0.139. The second kappa shape index (κ2) is 14.3. The van der Waals surface area contributed by atoms with Crippen molar-refractivity contribution in [3.63, 3.8) is 0 Å². The highest BCUT2D eigenvalue weighted by molar-refractivity contribution is 5.99. The molecule has 0 bridgehead atoms. The molecule has 0 heterocycles. The summed E-state index contributed by atoms with van der Waals surface area (Å²) in [6, 6.07) is 26.3. The van der Waals surface area contributed by atoms with Gasteiger partial charge in [-0.25, -0.2) is 4.79 Å². The van der Waals surface area contributed by atoms with Gasteiger partial charge >= 0.3 is 5.97 Å². The van der Waals surface area contributed by atoms with Gasteiger partial charge in [-0.15, -0.1) is 0 Å². The number of carboxylic acid groups (broad SMARTS) is 1. The van der Waals surface area contributed by atoms with Crippen molar-refractivity contribution in [1.82, 2.24) is 5.32 Å². The largest absolute Gasteiger partial charge is 0.487 e. The molecule has 0 aliphatic carbocycles. The number of rotatable bonds is 13. The minimum absolute atomic E-state index is 0.186. The van der Waals surface area contributed by atoms with Crippen LogP contribution in [0.15, 0.2) is 91.0 Å². The van der Waals surface area contributed by atoms with E-state index in [9.17, 15) is 19.5 Å². The Kier molecular flexibility index (Phi) is 10.3. The summed E-state index contributed by atoms with van der Waals surface area (Å²) in [7, 11) is 0. The Labute approximate surface area is 245 Å². The first kappa shape index (κ1) is 30.3. The molecule has 5 N–H and O–H groups in total. The first-order chi connectivity index (χ1) is 20.2. The van der Waals surface area contributed by atoms with Crippen molar-refractivity contribution in [2.45, 2.75) is 51.8 Å². The Morgan fingerprint density at radius 2 is 1.57 bits per heavy atom. The van der Waals surface area contributed by atoms with Crippen molar-refractivity contribution in [2.24, 2.45) is 11.7 Å². The smallest absolute Gasteiger partial charge is 0.326 e. The molecule has 0 radical (unpaired) electrons. The highest BCUT2D eigenvalue weighted by Gasteiger charge is 2.22. The van der Waals surface area contributed by atoms with Crippen LogP contribution in [0.2, 0.25) is 0 Å². The van der Waals surface area contributed by atoms with Crippen LogP contribution >= 0.6 is 0 Å². The number of aryl methyl sites for hydroxylation is 1.